The number of nitrogens with zero attached hydrogens (tertiary/aromatic N) is 1. The lowest BCUT2D eigenvalue weighted by molar-refractivity contribution is 0.471. The maximum atomic E-state index is 9.49. The summed E-state index contributed by atoms with van der Waals surface area (Å²) in [5, 5.41) is 19.0. The second-order valence-corrected chi connectivity index (χ2v) is 2.84. The van der Waals surface area contributed by atoms with Gasteiger partial charge in [-0.2, -0.15) is 5.26 Å². The number of aromatic nitrogens is 1. The van der Waals surface area contributed by atoms with Crippen LogP contribution in [0.1, 0.15) is 5.56 Å². The van der Waals surface area contributed by atoms with E-state index in [2.05, 4.69) is 4.98 Å². The number of H-pyrrole nitrogens is 1. The highest BCUT2D eigenvalue weighted by atomic mass is 16.3. The summed E-state index contributed by atoms with van der Waals surface area (Å²) in [4.78, 5) is 3.03. The molecule has 0 aliphatic rings. The van der Waals surface area contributed by atoms with Crippen LogP contribution in [0.4, 0.5) is 0 Å². The van der Waals surface area contributed by atoms with Crippen molar-refractivity contribution in [3.63, 3.8) is 0 Å². The van der Waals surface area contributed by atoms with Gasteiger partial charge in [0.2, 0.25) is 0 Å². The highest BCUT2D eigenvalue weighted by molar-refractivity contribution is 5.85. The Kier molecular flexibility index (Phi) is 1.67. The fraction of sp³-hybridized carbons (Fsp3) is 0.100. The summed E-state index contributed by atoms with van der Waals surface area (Å²) in [5.41, 5.74) is 1.64. The third kappa shape index (κ3) is 1.13. The zero-order valence-electron chi connectivity index (χ0n) is 6.91. The van der Waals surface area contributed by atoms with Crippen LogP contribution in [0.3, 0.4) is 0 Å². The van der Waals surface area contributed by atoms with Crippen LogP contribution in [0.2, 0.25) is 0 Å². The van der Waals surface area contributed by atoms with E-state index in [0.29, 0.717) is 5.56 Å². The van der Waals surface area contributed by atoms with Crippen molar-refractivity contribution in [1.29, 1.82) is 5.26 Å². The maximum absolute atomic E-state index is 9.49. The molecule has 1 aromatic carbocycles. The number of aromatic hydroxyl groups is 1. The first-order valence-electron chi connectivity index (χ1n) is 3.98. The summed E-state index contributed by atoms with van der Waals surface area (Å²) in [6.07, 6.45) is 2.03. The molecule has 3 heteroatoms. The largest absolute Gasteiger partial charge is 0.508 e. The predicted molar refractivity (Wildman–Crippen MR) is 49.3 cm³/mol. The van der Waals surface area contributed by atoms with Crippen molar-refractivity contribution < 1.29 is 5.11 Å². The van der Waals surface area contributed by atoms with Crippen molar-refractivity contribution in [3.8, 4) is 11.8 Å². The topological polar surface area (TPSA) is 59.8 Å². The van der Waals surface area contributed by atoms with Gasteiger partial charge >= 0.3 is 0 Å². The molecule has 3 nitrogen and oxygen atoms in total. The standard InChI is InChI=1S/C10H8N2O/c11-5-3-8-7-4-6-12-9(7)1-2-10(8)13/h1-2,4,6,12-13H,3H2. The van der Waals surface area contributed by atoms with E-state index in [1.165, 1.54) is 0 Å². The van der Waals surface area contributed by atoms with Crippen LogP contribution in [0, 0.1) is 11.3 Å². The normalized spacial score (nSPS) is 10.1. The molecule has 64 valence electrons. The maximum Gasteiger partial charge on any atom is 0.120 e. The van der Waals surface area contributed by atoms with Crippen LogP contribution in [0.15, 0.2) is 24.4 Å². The average Bonchev–Trinajstić information content (AvgIpc) is 2.58. The van der Waals surface area contributed by atoms with Crippen molar-refractivity contribution >= 4 is 10.9 Å². The van der Waals surface area contributed by atoms with Gasteiger partial charge in [-0.15, -0.1) is 0 Å². The third-order valence-corrected chi connectivity index (χ3v) is 2.08. The molecule has 0 spiro atoms. The molecule has 0 aliphatic carbocycles. The SMILES string of the molecule is N#CCc1c(O)ccc2[nH]ccc12. The van der Waals surface area contributed by atoms with E-state index >= 15 is 0 Å². The molecule has 0 fully saturated rings. The number of benzene rings is 1. The van der Waals surface area contributed by atoms with Gasteiger partial charge in [0.15, 0.2) is 0 Å². The summed E-state index contributed by atoms with van der Waals surface area (Å²) >= 11 is 0. The number of phenols is 1. The second-order valence-electron chi connectivity index (χ2n) is 2.84. The first-order valence-corrected chi connectivity index (χ1v) is 3.98. The molecule has 0 unspecified atom stereocenters. The number of nitriles is 1. The van der Waals surface area contributed by atoms with E-state index in [-0.39, 0.29) is 12.2 Å². The second kappa shape index (κ2) is 2.83. The van der Waals surface area contributed by atoms with Crippen molar-refractivity contribution in [2.45, 2.75) is 6.42 Å². The lowest BCUT2D eigenvalue weighted by atomic mass is 10.1. The van der Waals surface area contributed by atoms with Gasteiger partial charge in [0.25, 0.3) is 0 Å². The number of nitrogens with one attached hydrogen (secondary N) is 1. The van der Waals surface area contributed by atoms with Crippen LogP contribution in [0.5, 0.6) is 5.75 Å². The van der Waals surface area contributed by atoms with E-state index in [4.69, 9.17) is 5.26 Å². The molecule has 0 amide bonds. The van der Waals surface area contributed by atoms with Gasteiger partial charge in [-0.3, -0.25) is 0 Å². The quantitative estimate of drug-likeness (QED) is 0.690. The molecule has 0 bridgehead atoms. The summed E-state index contributed by atoms with van der Waals surface area (Å²) in [7, 11) is 0. The molecule has 1 heterocycles. The van der Waals surface area contributed by atoms with E-state index in [9.17, 15) is 5.11 Å². The Morgan fingerprint density at radius 3 is 3.00 bits per heavy atom. The molecule has 0 saturated carbocycles. The Morgan fingerprint density at radius 2 is 2.23 bits per heavy atom. The zero-order chi connectivity index (χ0) is 9.26. The van der Waals surface area contributed by atoms with Crippen molar-refractivity contribution in [2.75, 3.05) is 0 Å². The molecule has 0 radical (unpaired) electrons. The first-order chi connectivity index (χ1) is 6.33. The van der Waals surface area contributed by atoms with Gasteiger partial charge in [-0.25, -0.2) is 0 Å². The Labute approximate surface area is 75.2 Å². The van der Waals surface area contributed by atoms with Crippen LogP contribution in [-0.4, -0.2) is 10.1 Å². The predicted octanol–water partition coefficient (Wildman–Crippen LogP) is 1.94. The average molecular weight is 172 g/mol. The summed E-state index contributed by atoms with van der Waals surface area (Å²) in [6.45, 7) is 0. The summed E-state index contributed by atoms with van der Waals surface area (Å²) < 4.78 is 0. The van der Waals surface area contributed by atoms with Crippen LogP contribution >= 0.6 is 0 Å². The lowest BCUT2D eigenvalue weighted by Gasteiger charge is -2.00. The molecule has 2 rings (SSSR count). The third-order valence-electron chi connectivity index (χ3n) is 2.08. The first kappa shape index (κ1) is 7.69. The molecular weight excluding hydrogens is 164 g/mol. The number of aromatic amines is 1. The molecular formula is C10H8N2O. The van der Waals surface area contributed by atoms with Gasteiger partial charge in [0, 0.05) is 22.7 Å². The number of fused-ring (bicyclic) bond motifs is 1. The summed E-state index contributed by atoms with van der Waals surface area (Å²) in [6, 6.07) is 7.30. The summed E-state index contributed by atoms with van der Waals surface area (Å²) in [5.74, 6) is 0.189. The Balaban J connectivity index is 2.74. The monoisotopic (exact) mass is 172 g/mol. The minimum Gasteiger partial charge on any atom is -0.508 e. The van der Waals surface area contributed by atoms with E-state index in [0.717, 1.165) is 10.9 Å². The van der Waals surface area contributed by atoms with Gasteiger partial charge in [0.05, 0.1) is 12.5 Å². The van der Waals surface area contributed by atoms with Gasteiger partial charge in [0.1, 0.15) is 5.75 Å². The fourth-order valence-electron chi connectivity index (χ4n) is 1.45. The number of rotatable bonds is 1. The minimum absolute atomic E-state index is 0.189. The Morgan fingerprint density at radius 1 is 1.38 bits per heavy atom. The highest BCUT2D eigenvalue weighted by Crippen LogP contribution is 2.26. The van der Waals surface area contributed by atoms with Crippen molar-refractivity contribution in [1.82, 2.24) is 4.98 Å². The number of hydrogen-bond donors (Lipinski definition) is 2. The van der Waals surface area contributed by atoms with Gasteiger partial charge in [-0.1, -0.05) is 0 Å². The Bertz CT molecular complexity index is 479. The van der Waals surface area contributed by atoms with Crippen molar-refractivity contribution in [3.05, 3.63) is 30.0 Å². The van der Waals surface area contributed by atoms with Crippen LogP contribution in [-0.2, 0) is 6.42 Å². The van der Waals surface area contributed by atoms with Gasteiger partial charge in [-0.05, 0) is 18.2 Å². The lowest BCUT2D eigenvalue weighted by Crippen LogP contribution is -1.83. The molecule has 0 atom stereocenters. The van der Waals surface area contributed by atoms with Gasteiger partial charge < -0.3 is 10.1 Å². The van der Waals surface area contributed by atoms with E-state index < -0.39 is 0 Å². The van der Waals surface area contributed by atoms with Crippen LogP contribution < -0.4 is 0 Å². The molecule has 2 aromatic rings. The van der Waals surface area contributed by atoms with E-state index in [1.54, 1.807) is 18.3 Å². The number of phenolic OH excluding ortho intramolecular Hbond substituents is 1. The molecule has 2 N–H and O–H groups in total. The smallest absolute Gasteiger partial charge is 0.120 e. The van der Waals surface area contributed by atoms with Crippen LogP contribution in [0.25, 0.3) is 10.9 Å². The molecule has 0 saturated heterocycles. The zero-order valence-corrected chi connectivity index (χ0v) is 6.91. The Hall–Kier alpha value is -1.95. The van der Waals surface area contributed by atoms with E-state index in [1.807, 2.05) is 12.1 Å². The minimum atomic E-state index is 0.189. The van der Waals surface area contributed by atoms with Crippen molar-refractivity contribution in [2.24, 2.45) is 0 Å². The highest BCUT2D eigenvalue weighted by Gasteiger charge is 2.06. The molecule has 0 aliphatic heterocycles. The fourth-order valence-corrected chi connectivity index (χ4v) is 1.45. The molecule has 1 aromatic heterocycles. The molecule has 13 heavy (non-hydrogen) atoms. The number of hydrogen-bond acceptors (Lipinski definition) is 2.